The summed E-state index contributed by atoms with van der Waals surface area (Å²) in [4.78, 5) is 21.7. The Morgan fingerprint density at radius 3 is 2.75 bits per heavy atom. The topological polar surface area (TPSA) is 43.4 Å². The molecule has 0 amide bonds. The Balaban J connectivity index is 2.74. The molecule has 1 aliphatic carbocycles. The van der Waals surface area contributed by atoms with Gasteiger partial charge in [0.1, 0.15) is 6.29 Å². The lowest BCUT2D eigenvalue weighted by Gasteiger charge is -2.38. The Hall–Kier alpha value is -1.64. The highest BCUT2D eigenvalue weighted by atomic mass is 16.5. The van der Waals surface area contributed by atoms with Crippen molar-refractivity contribution in [3.05, 3.63) is 35.6 Å². The lowest BCUT2D eigenvalue weighted by molar-refractivity contribution is -0.135. The number of rotatable bonds is 5. The smallest absolute Gasteiger partial charge is 0.307 e. The van der Waals surface area contributed by atoms with Crippen LogP contribution in [-0.4, -0.2) is 12.3 Å². The van der Waals surface area contributed by atoms with Gasteiger partial charge in [-0.2, -0.15) is 0 Å². The molecule has 0 aliphatic heterocycles. The second kappa shape index (κ2) is 7.22. The van der Waals surface area contributed by atoms with E-state index in [9.17, 15) is 9.59 Å². The van der Waals surface area contributed by atoms with Crippen molar-refractivity contribution in [3.63, 3.8) is 0 Å². The fourth-order valence-electron chi connectivity index (χ4n) is 2.73. The second-order valence-electron chi connectivity index (χ2n) is 6.00. The maximum Gasteiger partial charge on any atom is 0.307 e. The molecule has 3 nitrogen and oxygen atoms in total. The predicted octanol–water partition coefficient (Wildman–Crippen LogP) is 3.96. The molecule has 0 spiro atoms. The van der Waals surface area contributed by atoms with Crippen molar-refractivity contribution in [2.75, 3.05) is 0 Å². The number of allylic oxidation sites excluding steroid dienone is 5. The first-order valence-electron chi connectivity index (χ1n) is 7.02. The molecule has 0 aromatic rings. The Labute approximate surface area is 121 Å². The number of hydrogen-bond donors (Lipinski definition) is 0. The van der Waals surface area contributed by atoms with Gasteiger partial charge in [-0.1, -0.05) is 31.6 Å². The van der Waals surface area contributed by atoms with Gasteiger partial charge in [-0.3, -0.25) is 9.59 Å². The molecule has 1 atom stereocenters. The number of ether oxygens (including phenoxy) is 1. The molecule has 0 aromatic carbocycles. The van der Waals surface area contributed by atoms with Crippen molar-refractivity contribution >= 4 is 12.3 Å². The Kier molecular flexibility index (Phi) is 5.93. The van der Waals surface area contributed by atoms with E-state index in [-0.39, 0.29) is 5.41 Å². The van der Waals surface area contributed by atoms with E-state index in [1.54, 1.807) is 0 Å². The first kappa shape index (κ1) is 16.4. The van der Waals surface area contributed by atoms with E-state index in [1.807, 2.05) is 6.08 Å². The van der Waals surface area contributed by atoms with E-state index in [4.69, 9.17) is 4.74 Å². The SMILES string of the molecule is CC(=O)O/C=C/C(C=O)=C\CC1C(C)=CCCC1(C)C. The first-order valence-corrected chi connectivity index (χ1v) is 7.02. The molecule has 3 heteroatoms. The highest BCUT2D eigenvalue weighted by Crippen LogP contribution is 2.42. The second-order valence-corrected chi connectivity index (χ2v) is 6.00. The summed E-state index contributed by atoms with van der Waals surface area (Å²) in [6, 6.07) is 0. The van der Waals surface area contributed by atoms with E-state index in [0.717, 1.165) is 19.1 Å². The fraction of sp³-hybridized carbons (Fsp3) is 0.529. The summed E-state index contributed by atoms with van der Waals surface area (Å²) in [6.45, 7) is 8.04. The maximum atomic E-state index is 11.0. The minimum Gasteiger partial charge on any atom is -0.435 e. The van der Waals surface area contributed by atoms with Crippen molar-refractivity contribution in [3.8, 4) is 0 Å². The van der Waals surface area contributed by atoms with Crippen molar-refractivity contribution in [1.29, 1.82) is 0 Å². The molecule has 20 heavy (non-hydrogen) atoms. The van der Waals surface area contributed by atoms with Crippen LogP contribution in [0.5, 0.6) is 0 Å². The monoisotopic (exact) mass is 276 g/mol. The molecule has 0 saturated carbocycles. The van der Waals surface area contributed by atoms with Crippen LogP contribution in [0.15, 0.2) is 35.6 Å². The molecule has 110 valence electrons. The lowest BCUT2D eigenvalue weighted by atomic mass is 9.67. The van der Waals surface area contributed by atoms with E-state index in [2.05, 4.69) is 26.8 Å². The third-order valence-corrected chi connectivity index (χ3v) is 3.97. The van der Waals surface area contributed by atoms with Crippen molar-refractivity contribution in [2.24, 2.45) is 11.3 Å². The van der Waals surface area contributed by atoms with Gasteiger partial charge < -0.3 is 4.74 Å². The maximum absolute atomic E-state index is 11.0. The molecule has 0 aromatic heterocycles. The molecule has 1 aliphatic rings. The lowest BCUT2D eigenvalue weighted by Crippen LogP contribution is -2.27. The van der Waals surface area contributed by atoms with Crippen LogP contribution in [0.25, 0.3) is 0 Å². The van der Waals surface area contributed by atoms with E-state index < -0.39 is 5.97 Å². The van der Waals surface area contributed by atoms with Gasteiger partial charge in [0.2, 0.25) is 0 Å². The molecular weight excluding hydrogens is 252 g/mol. The zero-order valence-electron chi connectivity index (χ0n) is 12.8. The molecule has 0 heterocycles. The fourth-order valence-corrected chi connectivity index (χ4v) is 2.73. The number of carbonyl (C=O) groups is 2. The van der Waals surface area contributed by atoms with Gasteiger partial charge in [-0.15, -0.1) is 0 Å². The summed E-state index contributed by atoms with van der Waals surface area (Å²) in [5.74, 6) is 0.0621. The van der Waals surface area contributed by atoms with Crippen LogP contribution in [0.3, 0.4) is 0 Å². The van der Waals surface area contributed by atoms with Crippen molar-refractivity contribution in [1.82, 2.24) is 0 Å². The molecule has 0 N–H and O–H groups in total. The summed E-state index contributed by atoms with van der Waals surface area (Å²) in [6.07, 6.45) is 10.9. The Morgan fingerprint density at radius 2 is 2.20 bits per heavy atom. The number of carbonyl (C=O) groups excluding carboxylic acids is 2. The van der Waals surface area contributed by atoms with E-state index >= 15 is 0 Å². The van der Waals surface area contributed by atoms with E-state index in [0.29, 0.717) is 11.5 Å². The van der Waals surface area contributed by atoms with Crippen molar-refractivity contribution < 1.29 is 14.3 Å². The van der Waals surface area contributed by atoms with Gasteiger partial charge in [0.15, 0.2) is 0 Å². The molecule has 0 fully saturated rings. The van der Waals surface area contributed by atoms with Crippen LogP contribution in [0.1, 0.15) is 47.0 Å². The van der Waals surface area contributed by atoms with Crippen molar-refractivity contribution in [2.45, 2.75) is 47.0 Å². The van der Waals surface area contributed by atoms with Crippen LogP contribution in [0.2, 0.25) is 0 Å². The molecular formula is C17H24O3. The molecule has 0 bridgehead atoms. The number of esters is 1. The molecule has 1 rings (SSSR count). The summed E-state index contributed by atoms with van der Waals surface area (Å²) < 4.78 is 4.70. The highest BCUT2D eigenvalue weighted by Gasteiger charge is 2.31. The van der Waals surface area contributed by atoms with Crippen LogP contribution in [0.4, 0.5) is 0 Å². The minimum absolute atomic E-state index is 0.253. The van der Waals surface area contributed by atoms with Crippen LogP contribution in [0, 0.1) is 11.3 Å². The largest absolute Gasteiger partial charge is 0.435 e. The average molecular weight is 276 g/mol. The van der Waals surface area contributed by atoms with Gasteiger partial charge in [-0.25, -0.2) is 0 Å². The zero-order valence-corrected chi connectivity index (χ0v) is 12.8. The molecule has 1 unspecified atom stereocenters. The van der Waals surface area contributed by atoms with Gasteiger partial charge in [0.25, 0.3) is 0 Å². The van der Waals surface area contributed by atoms with Crippen LogP contribution in [-0.2, 0) is 14.3 Å². The zero-order chi connectivity index (χ0) is 15.2. The third kappa shape index (κ3) is 4.80. The van der Waals surface area contributed by atoms with Crippen LogP contribution >= 0.6 is 0 Å². The van der Waals surface area contributed by atoms with Gasteiger partial charge in [-0.05, 0) is 43.6 Å². The van der Waals surface area contributed by atoms with Gasteiger partial charge in [0.05, 0.1) is 6.26 Å². The normalized spacial score (nSPS) is 22.5. The van der Waals surface area contributed by atoms with Gasteiger partial charge in [0, 0.05) is 12.5 Å². The van der Waals surface area contributed by atoms with E-state index in [1.165, 1.54) is 31.3 Å². The van der Waals surface area contributed by atoms with Gasteiger partial charge >= 0.3 is 5.97 Å². The average Bonchev–Trinajstić information content (AvgIpc) is 2.34. The quantitative estimate of drug-likeness (QED) is 0.191. The van der Waals surface area contributed by atoms with Crippen LogP contribution < -0.4 is 0 Å². The minimum atomic E-state index is -0.390. The number of aldehydes is 1. The standard InChI is InChI=1S/C17H24O3/c1-13-6-5-10-17(3,4)16(13)8-7-15(12-18)9-11-20-14(2)19/h6-7,9,11-12,16H,5,8,10H2,1-4H3/b11-9+,15-7+. The number of hydrogen-bond acceptors (Lipinski definition) is 3. The first-order chi connectivity index (χ1) is 9.36. The molecule has 0 radical (unpaired) electrons. The highest BCUT2D eigenvalue weighted by molar-refractivity contribution is 5.77. The summed E-state index contributed by atoms with van der Waals surface area (Å²) >= 11 is 0. The molecule has 0 saturated heterocycles. The summed E-state index contributed by atoms with van der Waals surface area (Å²) in [7, 11) is 0. The Morgan fingerprint density at radius 1 is 1.50 bits per heavy atom. The predicted molar refractivity (Wildman–Crippen MR) is 79.9 cm³/mol. The third-order valence-electron chi connectivity index (χ3n) is 3.97. The summed E-state index contributed by atoms with van der Waals surface area (Å²) in [5, 5.41) is 0. The summed E-state index contributed by atoms with van der Waals surface area (Å²) in [5.41, 5.74) is 2.19. The Bertz CT molecular complexity index is 453.